The molecule has 1 atom stereocenters. The van der Waals surface area contributed by atoms with Crippen molar-refractivity contribution >= 4 is 38.5 Å². The highest BCUT2D eigenvalue weighted by Gasteiger charge is 2.13. The minimum atomic E-state index is 0.216. The molecule has 0 bridgehead atoms. The van der Waals surface area contributed by atoms with Crippen molar-refractivity contribution in [2.24, 2.45) is 0 Å². The Balaban J connectivity index is 2.34. The predicted octanol–water partition coefficient (Wildman–Crippen LogP) is 4.91. The SMILES string of the molecule is CCCNC(C)c1cc2cc(Cl)cc(Br)c2o1. The first-order chi connectivity index (χ1) is 8.11. The van der Waals surface area contributed by atoms with Crippen molar-refractivity contribution in [2.75, 3.05) is 6.54 Å². The van der Waals surface area contributed by atoms with Crippen LogP contribution in [0.5, 0.6) is 0 Å². The molecule has 0 aliphatic heterocycles. The van der Waals surface area contributed by atoms with E-state index >= 15 is 0 Å². The van der Waals surface area contributed by atoms with Gasteiger partial charge in [-0.25, -0.2) is 0 Å². The molecule has 0 amide bonds. The molecule has 1 aromatic carbocycles. The molecular weight excluding hydrogens is 302 g/mol. The summed E-state index contributed by atoms with van der Waals surface area (Å²) in [7, 11) is 0. The second-order valence-electron chi connectivity index (χ2n) is 4.13. The monoisotopic (exact) mass is 315 g/mol. The molecule has 0 spiro atoms. The predicted molar refractivity (Wildman–Crippen MR) is 75.6 cm³/mol. The molecule has 1 aromatic heterocycles. The average Bonchev–Trinajstić information content (AvgIpc) is 2.69. The summed E-state index contributed by atoms with van der Waals surface area (Å²) in [4.78, 5) is 0. The van der Waals surface area contributed by atoms with Crippen LogP contribution >= 0.6 is 27.5 Å². The van der Waals surface area contributed by atoms with Crippen molar-refractivity contribution in [1.82, 2.24) is 5.32 Å². The Kier molecular flexibility index (Phi) is 4.13. The van der Waals surface area contributed by atoms with Gasteiger partial charge in [-0.15, -0.1) is 0 Å². The molecule has 0 aliphatic carbocycles. The van der Waals surface area contributed by atoms with Crippen LogP contribution in [0.1, 0.15) is 32.1 Å². The number of nitrogens with one attached hydrogen (secondary N) is 1. The number of hydrogen-bond acceptors (Lipinski definition) is 2. The quantitative estimate of drug-likeness (QED) is 0.867. The maximum Gasteiger partial charge on any atom is 0.148 e. The van der Waals surface area contributed by atoms with E-state index in [1.807, 2.05) is 18.2 Å². The summed E-state index contributed by atoms with van der Waals surface area (Å²) in [5.74, 6) is 0.941. The van der Waals surface area contributed by atoms with Crippen LogP contribution in [0.4, 0.5) is 0 Å². The Morgan fingerprint density at radius 2 is 2.18 bits per heavy atom. The molecule has 17 heavy (non-hydrogen) atoms. The number of fused-ring (bicyclic) bond motifs is 1. The summed E-state index contributed by atoms with van der Waals surface area (Å²) in [6.45, 7) is 5.23. The van der Waals surface area contributed by atoms with Crippen LogP contribution < -0.4 is 5.32 Å². The van der Waals surface area contributed by atoms with Crippen molar-refractivity contribution < 1.29 is 4.42 Å². The van der Waals surface area contributed by atoms with Crippen molar-refractivity contribution in [3.8, 4) is 0 Å². The van der Waals surface area contributed by atoms with Gasteiger partial charge in [0, 0.05) is 10.4 Å². The van der Waals surface area contributed by atoms with Gasteiger partial charge in [0.1, 0.15) is 11.3 Å². The Morgan fingerprint density at radius 3 is 2.88 bits per heavy atom. The second kappa shape index (κ2) is 5.42. The molecule has 0 fully saturated rings. The van der Waals surface area contributed by atoms with Gasteiger partial charge < -0.3 is 9.73 Å². The lowest BCUT2D eigenvalue weighted by atomic mass is 10.2. The number of hydrogen-bond donors (Lipinski definition) is 1. The van der Waals surface area contributed by atoms with Crippen LogP contribution in [0.3, 0.4) is 0 Å². The fourth-order valence-electron chi connectivity index (χ4n) is 1.77. The normalized spacial score (nSPS) is 13.2. The lowest BCUT2D eigenvalue weighted by molar-refractivity contribution is 0.451. The van der Waals surface area contributed by atoms with Gasteiger partial charge in [0.15, 0.2) is 0 Å². The fourth-order valence-corrected chi connectivity index (χ4v) is 2.69. The Hall–Kier alpha value is -0.510. The average molecular weight is 317 g/mol. The summed E-state index contributed by atoms with van der Waals surface area (Å²) in [6, 6.07) is 6.02. The zero-order valence-corrected chi connectivity index (χ0v) is 12.2. The van der Waals surface area contributed by atoms with E-state index in [4.69, 9.17) is 16.0 Å². The van der Waals surface area contributed by atoms with E-state index in [0.29, 0.717) is 5.02 Å². The van der Waals surface area contributed by atoms with E-state index in [1.54, 1.807) is 0 Å². The van der Waals surface area contributed by atoms with Gasteiger partial charge in [0.05, 0.1) is 10.5 Å². The minimum absolute atomic E-state index is 0.216. The highest BCUT2D eigenvalue weighted by atomic mass is 79.9. The highest BCUT2D eigenvalue weighted by molar-refractivity contribution is 9.10. The van der Waals surface area contributed by atoms with Gasteiger partial charge in [-0.2, -0.15) is 0 Å². The van der Waals surface area contributed by atoms with E-state index in [2.05, 4.69) is 35.1 Å². The number of halogens is 2. The van der Waals surface area contributed by atoms with E-state index in [9.17, 15) is 0 Å². The molecule has 1 unspecified atom stereocenters. The second-order valence-corrected chi connectivity index (χ2v) is 5.42. The van der Waals surface area contributed by atoms with E-state index < -0.39 is 0 Å². The molecule has 0 saturated carbocycles. The van der Waals surface area contributed by atoms with Crippen molar-refractivity contribution in [3.63, 3.8) is 0 Å². The summed E-state index contributed by atoms with van der Waals surface area (Å²) in [5.41, 5.74) is 0.856. The van der Waals surface area contributed by atoms with Crippen molar-refractivity contribution in [1.29, 1.82) is 0 Å². The molecule has 0 aliphatic rings. The highest BCUT2D eigenvalue weighted by Crippen LogP contribution is 2.32. The molecule has 0 saturated heterocycles. The Morgan fingerprint density at radius 1 is 1.41 bits per heavy atom. The van der Waals surface area contributed by atoms with Crippen LogP contribution in [0.15, 0.2) is 27.1 Å². The lowest BCUT2D eigenvalue weighted by Crippen LogP contribution is -2.18. The molecule has 92 valence electrons. The topological polar surface area (TPSA) is 25.2 Å². The molecular formula is C13H15BrClNO. The van der Waals surface area contributed by atoms with Gasteiger partial charge in [-0.3, -0.25) is 0 Å². The molecule has 1 N–H and O–H groups in total. The Labute approximate surface area is 114 Å². The summed E-state index contributed by atoms with van der Waals surface area (Å²) in [6.07, 6.45) is 1.11. The third-order valence-corrected chi connectivity index (χ3v) is 3.49. The van der Waals surface area contributed by atoms with E-state index in [0.717, 1.165) is 34.2 Å². The molecule has 2 nitrogen and oxygen atoms in total. The van der Waals surface area contributed by atoms with E-state index in [1.165, 1.54) is 0 Å². The number of furan rings is 1. The third-order valence-electron chi connectivity index (χ3n) is 2.68. The maximum absolute atomic E-state index is 6.01. The van der Waals surface area contributed by atoms with Crippen LogP contribution in [-0.2, 0) is 0 Å². The molecule has 2 aromatic rings. The first kappa shape index (κ1) is 12.9. The molecule has 2 rings (SSSR count). The maximum atomic E-state index is 6.01. The summed E-state index contributed by atoms with van der Waals surface area (Å²) in [5, 5.41) is 5.15. The van der Waals surface area contributed by atoms with Gasteiger partial charge in [0.2, 0.25) is 0 Å². The van der Waals surface area contributed by atoms with Crippen LogP contribution in [0.2, 0.25) is 5.02 Å². The Bertz CT molecular complexity index is 523. The number of benzene rings is 1. The van der Waals surface area contributed by atoms with Gasteiger partial charge in [-0.05, 0) is 54.0 Å². The largest absolute Gasteiger partial charge is 0.458 e. The third kappa shape index (κ3) is 2.84. The standard InChI is InChI=1S/C13H15BrClNO/c1-3-4-16-8(2)12-6-9-5-10(15)7-11(14)13(9)17-12/h5-8,16H,3-4H2,1-2H3. The lowest BCUT2D eigenvalue weighted by Gasteiger charge is -2.09. The first-order valence-electron chi connectivity index (χ1n) is 5.73. The summed E-state index contributed by atoms with van der Waals surface area (Å²) >= 11 is 9.47. The molecule has 4 heteroatoms. The van der Waals surface area contributed by atoms with Crippen LogP contribution in [0.25, 0.3) is 11.0 Å². The molecule has 1 heterocycles. The fraction of sp³-hybridized carbons (Fsp3) is 0.385. The van der Waals surface area contributed by atoms with Gasteiger partial charge in [-0.1, -0.05) is 18.5 Å². The smallest absolute Gasteiger partial charge is 0.148 e. The van der Waals surface area contributed by atoms with Crippen molar-refractivity contribution in [3.05, 3.63) is 33.5 Å². The van der Waals surface area contributed by atoms with Gasteiger partial charge in [0.25, 0.3) is 0 Å². The molecule has 0 radical (unpaired) electrons. The van der Waals surface area contributed by atoms with Gasteiger partial charge >= 0.3 is 0 Å². The van der Waals surface area contributed by atoms with Crippen LogP contribution in [-0.4, -0.2) is 6.54 Å². The van der Waals surface area contributed by atoms with E-state index in [-0.39, 0.29) is 6.04 Å². The minimum Gasteiger partial charge on any atom is -0.458 e. The summed E-state index contributed by atoms with van der Waals surface area (Å²) < 4.78 is 6.74. The number of rotatable bonds is 4. The first-order valence-corrected chi connectivity index (χ1v) is 6.90. The van der Waals surface area contributed by atoms with Crippen molar-refractivity contribution in [2.45, 2.75) is 26.3 Å². The zero-order valence-electron chi connectivity index (χ0n) is 9.89. The van der Waals surface area contributed by atoms with Crippen LogP contribution in [0, 0.1) is 0 Å². The zero-order chi connectivity index (χ0) is 12.4.